The summed E-state index contributed by atoms with van der Waals surface area (Å²) in [6.45, 7) is 5.29. The molecule has 2 atom stereocenters. The Morgan fingerprint density at radius 1 is 1.25 bits per heavy atom. The Labute approximate surface area is 211 Å². The number of benzene rings is 1. The Hall–Kier alpha value is -3.92. The van der Waals surface area contributed by atoms with Gasteiger partial charge in [0.25, 0.3) is 0 Å². The lowest BCUT2D eigenvalue weighted by Crippen LogP contribution is -2.28. The Bertz CT molecular complexity index is 1370. The van der Waals surface area contributed by atoms with Crippen LogP contribution in [0.3, 0.4) is 0 Å². The topological polar surface area (TPSA) is 119 Å². The molecule has 11 heteroatoms. The van der Waals surface area contributed by atoms with Gasteiger partial charge in [-0.3, -0.25) is 9.79 Å². The summed E-state index contributed by atoms with van der Waals surface area (Å²) >= 11 is 5.87. The van der Waals surface area contributed by atoms with Crippen molar-refractivity contribution in [1.82, 2.24) is 24.8 Å². The van der Waals surface area contributed by atoms with Gasteiger partial charge in [0.1, 0.15) is 28.9 Å². The van der Waals surface area contributed by atoms with Crippen LogP contribution in [0.4, 0.5) is 10.2 Å². The predicted octanol–water partition coefficient (Wildman–Crippen LogP) is 3.79. The molecule has 4 heterocycles. The van der Waals surface area contributed by atoms with Gasteiger partial charge in [0.2, 0.25) is 5.91 Å². The summed E-state index contributed by atoms with van der Waals surface area (Å²) < 4.78 is 20.9. The number of fused-ring (bicyclic) bond motifs is 1. The fourth-order valence-electron chi connectivity index (χ4n) is 4.82. The van der Waals surface area contributed by atoms with E-state index in [1.54, 1.807) is 17.0 Å². The molecule has 0 spiro atoms. The van der Waals surface area contributed by atoms with E-state index < -0.39 is 5.82 Å². The quantitative estimate of drug-likeness (QED) is 0.412. The number of rotatable bonds is 5. The van der Waals surface area contributed by atoms with Crippen LogP contribution in [0.2, 0.25) is 5.15 Å². The lowest BCUT2D eigenvalue weighted by molar-refractivity contribution is -0.125. The monoisotopic (exact) mass is 507 g/mol. The van der Waals surface area contributed by atoms with Crippen LogP contribution in [0.5, 0.6) is 11.8 Å². The summed E-state index contributed by atoms with van der Waals surface area (Å²) in [5.74, 6) is -0.0204. The molecule has 0 bridgehead atoms. The van der Waals surface area contributed by atoms with Gasteiger partial charge in [-0.1, -0.05) is 18.2 Å². The van der Waals surface area contributed by atoms with E-state index in [9.17, 15) is 4.79 Å². The lowest BCUT2D eigenvalue weighted by atomic mass is 9.83. The molecule has 2 aliphatic heterocycles. The third kappa shape index (κ3) is 4.64. The second-order valence-electron chi connectivity index (χ2n) is 8.59. The second kappa shape index (κ2) is 9.98. The molecule has 36 heavy (non-hydrogen) atoms. The first kappa shape index (κ1) is 23.8. The number of nitrogen functional groups attached to an aromatic ring is 1. The molecule has 1 saturated heterocycles. The Morgan fingerprint density at radius 2 is 2.11 bits per heavy atom. The van der Waals surface area contributed by atoms with Crippen molar-refractivity contribution >= 4 is 29.0 Å². The van der Waals surface area contributed by atoms with Crippen LogP contribution in [0, 0.1) is 11.7 Å². The zero-order chi connectivity index (χ0) is 25.2. The van der Waals surface area contributed by atoms with Crippen molar-refractivity contribution in [3.05, 3.63) is 77.2 Å². The molecule has 0 aliphatic carbocycles. The van der Waals surface area contributed by atoms with E-state index in [-0.39, 0.29) is 46.0 Å². The number of carbonyl (C=O) groups is 1. The first-order valence-corrected chi connectivity index (χ1v) is 11.8. The summed E-state index contributed by atoms with van der Waals surface area (Å²) in [6, 6.07) is 5.93. The highest BCUT2D eigenvalue weighted by atomic mass is 35.5. The van der Waals surface area contributed by atoms with E-state index in [0.29, 0.717) is 37.3 Å². The number of hydrogen-bond donors (Lipinski definition) is 1. The number of amides is 1. The molecule has 3 aromatic rings. The SMILES string of the molecule is C=CC(=O)N1CCC(C2CCN=C(c3ccc(Oc4nccc(Cl)n4)cc3F)c3c(N)ncnc32)C1. The van der Waals surface area contributed by atoms with E-state index in [0.717, 1.165) is 12.1 Å². The van der Waals surface area contributed by atoms with Crippen LogP contribution >= 0.6 is 11.6 Å². The van der Waals surface area contributed by atoms with Gasteiger partial charge in [0, 0.05) is 43.4 Å². The van der Waals surface area contributed by atoms with E-state index in [1.807, 2.05) is 0 Å². The van der Waals surface area contributed by atoms with E-state index in [2.05, 4.69) is 26.5 Å². The number of carbonyl (C=O) groups excluding carboxylic acids is 1. The van der Waals surface area contributed by atoms with E-state index >= 15 is 4.39 Å². The van der Waals surface area contributed by atoms with Crippen LogP contribution in [0.25, 0.3) is 0 Å². The molecule has 0 saturated carbocycles. The van der Waals surface area contributed by atoms with Gasteiger partial charge < -0.3 is 15.4 Å². The highest BCUT2D eigenvalue weighted by molar-refractivity contribution is 6.29. The molecule has 1 fully saturated rings. The smallest absolute Gasteiger partial charge is 0.323 e. The zero-order valence-corrected chi connectivity index (χ0v) is 20.0. The number of nitrogens with two attached hydrogens (primary N) is 1. The molecule has 1 amide bonds. The highest BCUT2D eigenvalue weighted by Gasteiger charge is 2.36. The van der Waals surface area contributed by atoms with Crippen molar-refractivity contribution in [2.75, 3.05) is 25.4 Å². The molecule has 2 N–H and O–H groups in total. The first-order chi connectivity index (χ1) is 17.4. The fourth-order valence-corrected chi connectivity index (χ4v) is 4.95. The van der Waals surface area contributed by atoms with Gasteiger partial charge in [0.15, 0.2) is 0 Å². The van der Waals surface area contributed by atoms with E-state index in [4.69, 9.17) is 27.1 Å². The van der Waals surface area contributed by atoms with Crippen molar-refractivity contribution in [3.8, 4) is 11.8 Å². The number of ether oxygens (including phenoxy) is 1. The minimum Gasteiger partial charge on any atom is -0.424 e. The first-order valence-electron chi connectivity index (χ1n) is 11.5. The van der Waals surface area contributed by atoms with Crippen LogP contribution in [-0.2, 0) is 4.79 Å². The number of aliphatic imine (C=N–C) groups is 1. The molecular weight excluding hydrogens is 485 g/mol. The average Bonchev–Trinajstić information content (AvgIpc) is 3.26. The molecule has 1 aromatic carbocycles. The highest BCUT2D eigenvalue weighted by Crippen LogP contribution is 2.39. The van der Waals surface area contributed by atoms with Crippen molar-refractivity contribution in [2.45, 2.75) is 18.8 Å². The third-order valence-electron chi connectivity index (χ3n) is 6.49. The van der Waals surface area contributed by atoms with E-state index in [1.165, 1.54) is 30.7 Å². The Kier molecular flexibility index (Phi) is 6.60. The number of likely N-dealkylation sites (tertiary alicyclic amines) is 1. The third-order valence-corrected chi connectivity index (χ3v) is 6.70. The van der Waals surface area contributed by atoms with Gasteiger partial charge in [-0.05, 0) is 43.0 Å². The second-order valence-corrected chi connectivity index (χ2v) is 8.97. The molecule has 2 unspecified atom stereocenters. The number of aromatic nitrogens is 4. The molecule has 9 nitrogen and oxygen atoms in total. The van der Waals surface area contributed by atoms with Gasteiger partial charge in [-0.25, -0.2) is 19.3 Å². The van der Waals surface area contributed by atoms with Crippen LogP contribution < -0.4 is 10.5 Å². The largest absolute Gasteiger partial charge is 0.424 e. The maximum absolute atomic E-state index is 15.4. The van der Waals surface area contributed by atoms with Gasteiger partial charge in [-0.15, -0.1) is 0 Å². The van der Waals surface area contributed by atoms with Crippen molar-refractivity contribution < 1.29 is 13.9 Å². The van der Waals surface area contributed by atoms with Gasteiger partial charge in [-0.2, -0.15) is 4.98 Å². The summed E-state index contributed by atoms with van der Waals surface area (Å²) in [7, 11) is 0. The Balaban J connectivity index is 1.46. The zero-order valence-electron chi connectivity index (χ0n) is 19.3. The maximum atomic E-state index is 15.4. The number of anilines is 1. The number of halogens is 2. The minimum atomic E-state index is -0.551. The molecule has 5 rings (SSSR count). The normalized spacial score (nSPS) is 19.3. The molecule has 184 valence electrons. The standard InChI is InChI=1S/C25H23ClFN7O2/c1-2-20(35)34-10-7-14(12-34)16-5-8-29-23(21-22(16)31-13-32-24(21)28)17-4-3-15(11-18(17)27)36-25-30-9-6-19(26)33-25/h2-4,6,9,11,13-14,16H,1,5,7-8,10,12H2,(H2,28,31,32). The molecule has 2 aliphatic rings. The van der Waals surface area contributed by atoms with Gasteiger partial charge in [0.05, 0.1) is 17.0 Å². The van der Waals surface area contributed by atoms with Crippen molar-refractivity contribution in [3.63, 3.8) is 0 Å². The fraction of sp³-hybridized carbons (Fsp3) is 0.280. The molecular formula is C25H23ClFN7O2. The van der Waals surface area contributed by atoms with Crippen LogP contribution in [0.15, 0.2) is 54.4 Å². The average molecular weight is 508 g/mol. The summed E-state index contributed by atoms with van der Waals surface area (Å²) in [4.78, 5) is 35.3. The number of nitrogens with zero attached hydrogens (tertiary/aromatic N) is 6. The molecule has 0 radical (unpaired) electrons. The van der Waals surface area contributed by atoms with Crippen molar-refractivity contribution in [1.29, 1.82) is 0 Å². The lowest BCUT2D eigenvalue weighted by Gasteiger charge is -2.24. The summed E-state index contributed by atoms with van der Waals surface area (Å²) in [5, 5.41) is 0.214. The Morgan fingerprint density at radius 3 is 2.89 bits per heavy atom. The summed E-state index contributed by atoms with van der Waals surface area (Å²) in [5.41, 5.74) is 8.21. The summed E-state index contributed by atoms with van der Waals surface area (Å²) in [6.07, 6.45) is 5.73. The van der Waals surface area contributed by atoms with Crippen LogP contribution in [0.1, 0.15) is 35.6 Å². The number of hydrogen-bond acceptors (Lipinski definition) is 8. The predicted molar refractivity (Wildman–Crippen MR) is 133 cm³/mol. The maximum Gasteiger partial charge on any atom is 0.323 e. The molecule has 2 aromatic heterocycles. The van der Waals surface area contributed by atoms with Gasteiger partial charge >= 0.3 is 6.01 Å². The van der Waals surface area contributed by atoms with Crippen molar-refractivity contribution in [2.24, 2.45) is 10.9 Å². The van der Waals surface area contributed by atoms with Crippen LogP contribution in [-0.4, -0.2) is 56.1 Å². The minimum absolute atomic E-state index is 0.000175.